The standard InChI is InChI=1S/C29H33NO5/c1-34-19-35-27-14-8-6-12-22(27)16-24(31)17-23(15-20-9-3-2-4-10-20)29(33)30-28-25-13-7-5-11-21(25)18-26(28)32/h2-14,23-24,26,28,31-32H,15-19H2,1H3,(H,30,33)/t23?,24?,26-,28+/m1/s1. The minimum Gasteiger partial charge on any atom is -0.467 e. The van der Waals surface area contributed by atoms with Gasteiger partial charge in [-0.1, -0.05) is 72.8 Å². The molecule has 3 aromatic carbocycles. The molecular weight excluding hydrogens is 442 g/mol. The number of fused-ring (bicyclic) bond motifs is 1. The number of aliphatic hydroxyl groups excluding tert-OH is 2. The van der Waals surface area contributed by atoms with Gasteiger partial charge in [0.05, 0.1) is 18.2 Å². The second-order valence-corrected chi connectivity index (χ2v) is 9.10. The summed E-state index contributed by atoms with van der Waals surface area (Å²) in [4.78, 5) is 13.5. The van der Waals surface area contributed by atoms with Crippen molar-refractivity contribution in [1.29, 1.82) is 0 Å². The molecule has 1 amide bonds. The topological polar surface area (TPSA) is 88.0 Å². The van der Waals surface area contributed by atoms with Crippen molar-refractivity contribution in [3.05, 3.63) is 101 Å². The lowest BCUT2D eigenvalue weighted by molar-refractivity contribution is -0.127. The van der Waals surface area contributed by atoms with E-state index >= 15 is 0 Å². The summed E-state index contributed by atoms with van der Waals surface area (Å²) in [6.07, 6.45) is 0.240. The number of para-hydroxylation sites is 1. The van der Waals surface area contributed by atoms with Crippen molar-refractivity contribution in [1.82, 2.24) is 5.32 Å². The van der Waals surface area contributed by atoms with Crippen LogP contribution in [0.15, 0.2) is 78.9 Å². The molecule has 0 saturated heterocycles. The highest BCUT2D eigenvalue weighted by Gasteiger charge is 2.34. The summed E-state index contributed by atoms with van der Waals surface area (Å²) >= 11 is 0. The number of aliphatic hydroxyl groups is 2. The third-order valence-corrected chi connectivity index (χ3v) is 6.51. The number of methoxy groups -OCH3 is 1. The molecule has 2 unspecified atom stereocenters. The van der Waals surface area contributed by atoms with Crippen molar-refractivity contribution in [3.63, 3.8) is 0 Å². The fourth-order valence-corrected chi connectivity index (χ4v) is 4.80. The number of ether oxygens (including phenoxy) is 2. The van der Waals surface area contributed by atoms with Gasteiger partial charge in [-0.15, -0.1) is 0 Å². The molecule has 6 heteroatoms. The average molecular weight is 476 g/mol. The van der Waals surface area contributed by atoms with Crippen molar-refractivity contribution in [2.45, 2.75) is 43.9 Å². The number of hydrogen-bond donors (Lipinski definition) is 3. The average Bonchev–Trinajstić information content (AvgIpc) is 3.18. The van der Waals surface area contributed by atoms with Crippen LogP contribution < -0.4 is 10.1 Å². The summed E-state index contributed by atoms with van der Waals surface area (Å²) in [6, 6.07) is 24.7. The van der Waals surface area contributed by atoms with Crippen LogP contribution in [-0.2, 0) is 28.8 Å². The first-order valence-corrected chi connectivity index (χ1v) is 12.0. The third kappa shape index (κ3) is 6.48. The molecule has 35 heavy (non-hydrogen) atoms. The Bertz CT molecular complexity index is 1100. The molecule has 0 radical (unpaired) electrons. The molecule has 0 bridgehead atoms. The molecule has 3 aromatic rings. The Morgan fingerprint density at radius 3 is 2.51 bits per heavy atom. The Hall–Kier alpha value is -3.19. The predicted molar refractivity (Wildman–Crippen MR) is 134 cm³/mol. The molecule has 0 heterocycles. The smallest absolute Gasteiger partial charge is 0.224 e. The highest BCUT2D eigenvalue weighted by Crippen LogP contribution is 2.32. The van der Waals surface area contributed by atoms with Gasteiger partial charge in [-0.2, -0.15) is 0 Å². The monoisotopic (exact) mass is 475 g/mol. The van der Waals surface area contributed by atoms with E-state index in [1.165, 1.54) is 0 Å². The van der Waals surface area contributed by atoms with Crippen molar-refractivity contribution < 1.29 is 24.5 Å². The van der Waals surface area contributed by atoms with Crippen LogP contribution in [0.3, 0.4) is 0 Å². The van der Waals surface area contributed by atoms with E-state index < -0.39 is 24.2 Å². The van der Waals surface area contributed by atoms with Crippen LogP contribution >= 0.6 is 0 Å². The van der Waals surface area contributed by atoms with Crippen molar-refractivity contribution in [2.75, 3.05) is 13.9 Å². The van der Waals surface area contributed by atoms with Crippen LogP contribution in [0.25, 0.3) is 0 Å². The zero-order valence-corrected chi connectivity index (χ0v) is 20.0. The summed E-state index contributed by atoms with van der Waals surface area (Å²) in [7, 11) is 1.56. The van der Waals surface area contributed by atoms with E-state index in [-0.39, 0.29) is 19.1 Å². The Morgan fingerprint density at radius 2 is 1.71 bits per heavy atom. The fraction of sp³-hybridized carbons (Fsp3) is 0.345. The summed E-state index contributed by atoms with van der Waals surface area (Å²) in [5.41, 5.74) is 3.89. The lowest BCUT2D eigenvalue weighted by Crippen LogP contribution is -2.39. The Labute approximate surface area is 206 Å². The van der Waals surface area contributed by atoms with Gasteiger partial charge in [0, 0.05) is 25.9 Å². The van der Waals surface area contributed by atoms with E-state index in [0.29, 0.717) is 25.0 Å². The zero-order chi connectivity index (χ0) is 24.6. The van der Waals surface area contributed by atoms with E-state index in [1.54, 1.807) is 7.11 Å². The molecule has 1 aliphatic rings. The molecule has 4 atom stereocenters. The van der Waals surface area contributed by atoms with Crippen molar-refractivity contribution in [2.24, 2.45) is 5.92 Å². The van der Waals surface area contributed by atoms with Crippen LogP contribution in [0.4, 0.5) is 0 Å². The van der Waals surface area contributed by atoms with Gasteiger partial charge in [-0.3, -0.25) is 4.79 Å². The number of rotatable bonds is 11. The molecule has 0 fully saturated rings. The van der Waals surface area contributed by atoms with Crippen LogP contribution in [0.5, 0.6) is 5.75 Å². The van der Waals surface area contributed by atoms with E-state index in [2.05, 4.69) is 5.32 Å². The van der Waals surface area contributed by atoms with Crippen LogP contribution in [0, 0.1) is 5.92 Å². The largest absolute Gasteiger partial charge is 0.467 e. The maximum atomic E-state index is 13.5. The Morgan fingerprint density at radius 1 is 1.00 bits per heavy atom. The Balaban J connectivity index is 1.48. The molecule has 0 saturated carbocycles. The maximum absolute atomic E-state index is 13.5. The summed E-state index contributed by atoms with van der Waals surface area (Å²) in [5, 5.41) is 24.7. The summed E-state index contributed by atoms with van der Waals surface area (Å²) < 4.78 is 10.6. The van der Waals surface area contributed by atoms with Gasteiger partial charge in [-0.25, -0.2) is 0 Å². The first kappa shape index (κ1) is 24.9. The summed E-state index contributed by atoms with van der Waals surface area (Å²) in [6.45, 7) is 0.122. The zero-order valence-electron chi connectivity index (χ0n) is 20.0. The SMILES string of the molecule is COCOc1ccccc1CC(O)CC(Cc1ccccc1)C(=O)N[C@H]1c2ccccc2C[C@H]1O. The van der Waals surface area contributed by atoms with E-state index in [4.69, 9.17) is 9.47 Å². The van der Waals surface area contributed by atoms with Crippen LogP contribution in [-0.4, -0.2) is 42.2 Å². The number of amides is 1. The molecule has 1 aliphatic carbocycles. The number of benzene rings is 3. The van der Waals surface area contributed by atoms with Gasteiger partial charge in [0.25, 0.3) is 0 Å². The number of carbonyl (C=O) groups excluding carboxylic acids is 1. The van der Waals surface area contributed by atoms with Gasteiger partial charge in [0.1, 0.15) is 5.75 Å². The predicted octanol–water partition coefficient (Wildman–Crippen LogP) is 3.60. The molecule has 0 spiro atoms. The Kier molecular flexibility index (Phi) is 8.53. The summed E-state index contributed by atoms with van der Waals surface area (Å²) in [5.74, 6) is 0.0279. The molecule has 6 nitrogen and oxygen atoms in total. The molecule has 4 rings (SSSR count). The van der Waals surface area contributed by atoms with Crippen LogP contribution in [0.1, 0.15) is 34.7 Å². The van der Waals surface area contributed by atoms with Gasteiger partial charge >= 0.3 is 0 Å². The third-order valence-electron chi connectivity index (χ3n) is 6.51. The van der Waals surface area contributed by atoms with E-state index in [1.807, 2.05) is 78.9 Å². The minimum atomic E-state index is -0.748. The molecule has 3 N–H and O–H groups in total. The highest BCUT2D eigenvalue weighted by atomic mass is 16.7. The maximum Gasteiger partial charge on any atom is 0.224 e. The molecular formula is C29H33NO5. The number of nitrogens with one attached hydrogen (secondary N) is 1. The first-order valence-electron chi connectivity index (χ1n) is 12.0. The van der Waals surface area contributed by atoms with E-state index in [9.17, 15) is 15.0 Å². The normalized spacial score (nSPS) is 18.5. The van der Waals surface area contributed by atoms with Gasteiger partial charge in [0.2, 0.25) is 5.91 Å². The fourth-order valence-electron chi connectivity index (χ4n) is 4.80. The number of carbonyl (C=O) groups is 1. The second kappa shape index (κ2) is 12.0. The minimum absolute atomic E-state index is 0.122. The highest BCUT2D eigenvalue weighted by molar-refractivity contribution is 5.80. The lowest BCUT2D eigenvalue weighted by Gasteiger charge is -2.25. The molecule has 184 valence electrons. The van der Waals surface area contributed by atoms with Gasteiger partial charge < -0.3 is 25.0 Å². The molecule has 0 aromatic heterocycles. The van der Waals surface area contributed by atoms with Gasteiger partial charge in [0.15, 0.2) is 6.79 Å². The van der Waals surface area contributed by atoms with Crippen molar-refractivity contribution >= 4 is 5.91 Å². The number of hydrogen-bond acceptors (Lipinski definition) is 5. The van der Waals surface area contributed by atoms with E-state index in [0.717, 1.165) is 22.3 Å². The van der Waals surface area contributed by atoms with Gasteiger partial charge in [-0.05, 0) is 41.2 Å². The van der Waals surface area contributed by atoms with Crippen LogP contribution in [0.2, 0.25) is 0 Å². The van der Waals surface area contributed by atoms with Crippen molar-refractivity contribution in [3.8, 4) is 5.75 Å². The molecule has 0 aliphatic heterocycles. The lowest BCUT2D eigenvalue weighted by atomic mass is 9.90. The first-order chi connectivity index (χ1) is 17.0. The second-order valence-electron chi connectivity index (χ2n) is 9.10. The quantitative estimate of drug-likeness (QED) is 0.369.